The Labute approximate surface area is 98.4 Å². The van der Waals surface area contributed by atoms with Gasteiger partial charge in [-0.05, 0) is 12.8 Å². The Balaban J connectivity index is 1.78. The topological polar surface area (TPSA) is 67.9 Å². The van der Waals surface area contributed by atoms with E-state index in [4.69, 9.17) is 4.74 Å². The monoisotopic (exact) mass is 241 g/mol. The van der Waals surface area contributed by atoms with Crippen LogP contribution < -0.4 is 0 Å². The highest BCUT2D eigenvalue weighted by Crippen LogP contribution is 2.28. The molecule has 88 valence electrons. The number of H-pyrrole nitrogens is 1. The van der Waals surface area contributed by atoms with Gasteiger partial charge >= 0.3 is 5.97 Å². The standard InChI is InChI=1S/C10H15N3O2S/c1-2-3-7-4-8(15-9(7)14)5-16-10-11-6-12-13-10/h6-8H,2-5H2,1H3,(H,11,12,13)/t7-,8+/m0/s1. The first-order chi connectivity index (χ1) is 7.79. The van der Waals surface area contributed by atoms with Crippen molar-refractivity contribution in [3.8, 4) is 0 Å². The van der Waals surface area contributed by atoms with Gasteiger partial charge in [0, 0.05) is 5.75 Å². The summed E-state index contributed by atoms with van der Waals surface area (Å²) < 4.78 is 5.30. The lowest BCUT2D eigenvalue weighted by atomic mass is 10.0. The second-order valence-electron chi connectivity index (χ2n) is 3.88. The molecule has 0 radical (unpaired) electrons. The van der Waals surface area contributed by atoms with Gasteiger partial charge in [-0.15, -0.1) is 0 Å². The molecule has 1 fully saturated rings. The number of nitrogens with zero attached hydrogens (tertiary/aromatic N) is 2. The molecule has 0 aromatic carbocycles. The minimum absolute atomic E-state index is 0.0270. The fourth-order valence-electron chi connectivity index (χ4n) is 1.84. The SMILES string of the molecule is CCC[C@H]1C[C@H](CSc2ncn[nH]2)OC1=O. The Morgan fingerprint density at radius 1 is 1.69 bits per heavy atom. The van der Waals surface area contributed by atoms with Crippen molar-refractivity contribution in [1.29, 1.82) is 0 Å². The number of aromatic nitrogens is 3. The predicted octanol–water partition coefficient (Wildman–Crippen LogP) is 1.63. The third kappa shape index (κ3) is 2.75. The summed E-state index contributed by atoms with van der Waals surface area (Å²) in [5.41, 5.74) is 0. The first kappa shape index (κ1) is 11.4. The molecule has 1 aromatic rings. The van der Waals surface area contributed by atoms with Crippen LogP contribution in [0.2, 0.25) is 0 Å². The van der Waals surface area contributed by atoms with Crippen LogP contribution in [0, 0.1) is 5.92 Å². The number of carbonyl (C=O) groups excluding carboxylic acids is 1. The molecule has 1 aliphatic rings. The molecule has 6 heteroatoms. The van der Waals surface area contributed by atoms with Crippen LogP contribution in [0.25, 0.3) is 0 Å². The summed E-state index contributed by atoms with van der Waals surface area (Å²) in [4.78, 5) is 15.5. The van der Waals surface area contributed by atoms with Crippen LogP contribution in [0.3, 0.4) is 0 Å². The zero-order chi connectivity index (χ0) is 11.4. The number of thioether (sulfide) groups is 1. The third-order valence-corrected chi connectivity index (χ3v) is 3.61. The number of hydrogen-bond donors (Lipinski definition) is 1. The fraction of sp³-hybridized carbons (Fsp3) is 0.700. The maximum absolute atomic E-state index is 11.5. The largest absolute Gasteiger partial charge is 0.461 e. The van der Waals surface area contributed by atoms with Gasteiger partial charge in [0.2, 0.25) is 0 Å². The maximum atomic E-state index is 11.5. The first-order valence-corrected chi connectivity index (χ1v) is 6.46. The van der Waals surface area contributed by atoms with Gasteiger partial charge in [0.05, 0.1) is 5.92 Å². The first-order valence-electron chi connectivity index (χ1n) is 5.48. The molecule has 2 rings (SSSR count). The molecule has 5 nitrogen and oxygen atoms in total. The summed E-state index contributed by atoms with van der Waals surface area (Å²) >= 11 is 1.54. The molecule has 16 heavy (non-hydrogen) atoms. The van der Waals surface area contributed by atoms with E-state index in [1.807, 2.05) is 0 Å². The van der Waals surface area contributed by atoms with E-state index in [1.165, 1.54) is 6.33 Å². The zero-order valence-corrected chi connectivity index (χ0v) is 10.00. The summed E-state index contributed by atoms with van der Waals surface area (Å²) in [5, 5.41) is 7.31. The molecule has 0 saturated carbocycles. The Kier molecular flexibility index (Phi) is 3.82. The zero-order valence-electron chi connectivity index (χ0n) is 9.18. The molecule has 1 aliphatic heterocycles. The van der Waals surface area contributed by atoms with Gasteiger partial charge in [0.1, 0.15) is 12.4 Å². The van der Waals surface area contributed by atoms with Gasteiger partial charge in [0.25, 0.3) is 0 Å². The summed E-state index contributed by atoms with van der Waals surface area (Å²) in [6.45, 7) is 2.09. The third-order valence-electron chi connectivity index (χ3n) is 2.60. The van der Waals surface area contributed by atoms with E-state index in [1.54, 1.807) is 11.8 Å². The van der Waals surface area contributed by atoms with Crippen molar-refractivity contribution in [2.75, 3.05) is 5.75 Å². The Morgan fingerprint density at radius 2 is 2.56 bits per heavy atom. The van der Waals surface area contributed by atoms with Crippen LogP contribution in [0.1, 0.15) is 26.2 Å². The van der Waals surface area contributed by atoms with E-state index in [0.29, 0.717) is 0 Å². The molecule has 0 aliphatic carbocycles. The number of esters is 1. The Morgan fingerprint density at radius 3 is 3.25 bits per heavy atom. The second kappa shape index (κ2) is 5.34. The quantitative estimate of drug-likeness (QED) is 0.627. The van der Waals surface area contributed by atoms with Crippen LogP contribution in [0.4, 0.5) is 0 Å². The predicted molar refractivity (Wildman–Crippen MR) is 60.0 cm³/mol. The van der Waals surface area contributed by atoms with Crippen molar-refractivity contribution >= 4 is 17.7 Å². The van der Waals surface area contributed by atoms with Crippen molar-refractivity contribution in [2.45, 2.75) is 37.4 Å². The molecule has 0 amide bonds. The van der Waals surface area contributed by atoms with Crippen molar-refractivity contribution in [3.63, 3.8) is 0 Å². The molecule has 0 bridgehead atoms. The average Bonchev–Trinajstić information content (AvgIpc) is 2.87. The minimum Gasteiger partial charge on any atom is -0.461 e. The summed E-state index contributed by atoms with van der Waals surface area (Å²) in [6.07, 6.45) is 4.31. The van der Waals surface area contributed by atoms with E-state index in [-0.39, 0.29) is 18.0 Å². The van der Waals surface area contributed by atoms with Crippen LogP contribution in [0.15, 0.2) is 11.5 Å². The van der Waals surface area contributed by atoms with Gasteiger partial charge in [0.15, 0.2) is 5.16 Å². The number of hydrogen-bond acceptors (Lipinski definition) is 5. The lowest BCUT2D eigenvalue weighted by Gasteiger charge is -2.06. The molecular weight excluding hydrogens is 226 g/mol. The number of ether oxygens (including phenoxy) is 1. The van der Waals surface area contributed by atoms with Crippen molar-refractivity contribution in [3.05, 3.63) is 6.33 Å². The van der Waals surface area contributed by atoms with Gasteiger partial charge in [-0.3, -0.25) is 9.89 Å². The minimum atomic E-state index is -0.0370. The van der Waals surface area contributed by atoms with Gasteiger partial charge < -0.3 is 4.74 Å². The van der Waals surface area contributed by atoms with Crippen LogP contribution in [-0.2, 0) is 9.53 Å². The van der Waals surface area contributed by atoms with Crippen LogP contribution in [0.5, 0.6) is 0 Å². The summed E-state index contributed by atoms with van der Waals surface area (Å²) in [7, 11) is 0. The van der Waals surface area contributed by atoms with E-state index in [0.717, 1.165) is 30.2 Å². The molecule has 0 spiro atoms. The molecule has 2 atom stereocenters. The second-order valence-corrected chi connectivity index (χ2v) is 4.89. The number of nitrogens with one attached hydrogen (secondary N) is 1. The fourth-order valence-corrected chi connectivity index (χ4v) is 2.63. The van der Waals surface area contributed by atoms with Crippen molar-refractivity contribution in [2.24, 2.45) is 5.92 Å². The molecule has 1 N–H and O–H groups in total. The summed E-state index contributed by atoms with van der Waals surface area (Å²) in [5.74, 6) is 0.816. The number of carbonyl (C=O) groups is 1. The summed E-state index contributed by atoms with van der Waals surface area (Å²) in [6, 6.07) is 0. The maximum Gasteiger partial charge on any atom is 0.309 e. The highest BCUT2D eigenvalue weighted by molar-refractivity contribution is 7.99. The van der Waals surface area contributed by atoms with Gasteiger partial charge in [-0.25, -0.2) is 4.98 Å². The Hall–Kier alpha value is -1.04. The highest BCUT2D eigenvalue weighted by Gasteiger charge is 2.33. The van der Waals surface area contributed by atoms with E-state index < -0.39 is 0 Å². The molecular formula is C10H15N3O2S. The van der Waals surface area contributed by atoms with Gasteiger partial charge in [-0.1, -0.05) is 25.1 Å². The molecule has 0 unspecified atom stereocenters. The van der Waals surface area contributed by atoms with E-state index in [9.17, 15) is 4.79 Å². The van der Waals surface area contributed by atoms with Gasteiger partial charge in [-0.2, -0.15) is 5.10 Å². The van der Waals surface area contributed by atoms with E-state index in [2.05, 4.69) is 22.1 Å². The van der Waals surface area contributed by atoms with Crippen LogP contribution >= 0.6 is 11.8 Å². The normalized spacial score (nSPS) is 24.7. The number of rotatable bonds is 5. The van der Waals surface area contributed by atoms with E-state index >= 15 is 0 Å². The van der Waals surface area contributed by atoms with Crippen molar-refractivity contribution in [1.82, 2.24) is 15.2 Å². The smallest absolute Gasteiger partial charge is 0.309 e. The van der Waals surface area contributed by atoms with Crippen LogP contribution in [-0.4, -0.2) is 33.0 Å². The molecule has 1 aromatic heterocycles. The number of aromatic amines is 1. The highest BCUT2D eigenvalue weighted by atomic mass is 32.2. The number of cyclic esters (lactones) is 1. The average molecular weight is 241 g/mol. The lowest BCUT2D eigenvalue weighted by Crippen LogP contribution is -2.09. The molecule has 2 heterocycles. The molecule has 1 saturated heterocycles. The lowest BCUT2D eigenvalue weighted by molar-refractivity contribution is -0.143. The van der Waals surface area contributed by atoms with Crippen molar-refractivity contribution < 1.29 is 9.53 Å². The Bertz CT molecular complexity index is 342.